The average molecular weight is 182 g/mol. The first kappa shape index (κ1) is 10.3. The fraction of sp³-hybridized carbons (Fsp3) is 0.700. The quantitative estimate of drug-likeness (QED) is 0.676. The lowest BCUT2D eigenvalue weighted by atomic mass is 10.2. The number of hydrogen-bond donors (Lipinski definition) is 1. The van der Waals surface area contributed by atoms with Crippen LogP contribution in [0.15, 0.2) is 6.07 Å². The van der Waals surface area contributed by atoms with Crippen molar-refractivity contribution in [1.29, 1.82) is 0 Å². The van der Waals surface area contributed by atoms with E-state index in [2.05, 4.69) is 28.5 Å². The van der Waals surface area contributed by atoms with Gasteiger partial charge in [-0.25, -0.2) is 0 Å². The van der Waals surface area contributed by atoms with E-state index in [0.717, 1.165) is 18.8 Å². The van der Waals surface area contributed by atoms with Crippen molar-refractivity contribution in [3.8, 4) is 0 Å². The number of quaternary nitrogens is 1. The van der Waals surface area contributed by atoms with Gasteiger partial charge in [0.1, 0.15) is 0 Å². The molecule has 0 radical (unpaired) electrons. The van der Waals surface area contributed by atoms with E-state index in [-0.39, 0.29) is 0 Å². The van der Waals surface area contributed by atoms with Crippen LogP contribution in [0, 0.1) is 13.8 Å². The maximum atomic E-state index is 4.41. The molecule has 0 aliphatic rings. The predicted octanol–water partition coefficient (Wildman–Crippen LogP) is 0.912. The zero-order chi connectivity index (χ0) is 9.68. The predicted molar refractivity (Wildman–Crippen MR) is 53.3 cm³/mol. The van der Waals surface area contributed by atoms with Crippen LogP contribution in [0.4, 0.5) is 0 Å². The molecule has 0 aromatic carbocycles. The molecule has 3 N–H and O–H groups in total. The second-order valence-electron chi connectivity index (χ2n) is 3.56. The monoisotopic (exact) mass is 182 g/mol. The maximum Gasteiger partial charge on any atom is 0.0739 e. The second-order valence-corrected chi connectivity index (χ2v) is 3.56. The van der Waals surface area contributed by atoms with E-state index in [1.54, 1.807) is 0 Å². The van der Waals surface area contributed by atoms with Gasteiger partial charge in [0.2, 0.25) is 0 Å². The Morgan fingerprint density at radius 1 is 1.31 bits per heavy atom. The van der Waals surface area contributed by atoms with Crippen LogP contribution in [0.5, 0.6) is 0 Å². The van der Waals surface area contributed by atoms with Gasteiger partial charge >= 0.3 is 0 Å². The van der Waals surface area contributed by atoms with Gasteiger partial charge in [0, 0.05) is 12.2 Å². The molecular weight excluding hydrogens is 162 g/mol. The fourth-order valence-electron chi connectivity index (χ4n) is 1.52. The minimum atomic E-state index is 1.05. The number of hydrogen-bond acceptors (Lipinski definition) is 1. The average Bonchev–Trinajstić information content (AvgIpc) is 2.39. The van der Waals surface area contributed by atoms with Crippen molar-refractivity contribution < 1.29 is 5.73 Å². The Labute approximate surface area is 79.9 Å². The molecule has 1 heterocycles. The van der Waals surface area contributed by atoms with Crippen molar-refractivity contribution in [2.45, 2.75) is 39.7 Å². The molecular formula is C10H20N3+. The van der Waals surface area contributed by atoms with Crippen molar-refractivity contribution in [2.24, 2.45) is 0 Å². The minimum Gasteiger partial charge on any atom is -0.358 e. The first-order valence-electron chi connectivity index (χ1n) is 5.04. The third-order valence-corrected chi connectivity index (χ3v) is 2.22. The third-order valence-electron chi connectivity index (χ3n) is 2.22. The summed E-state index contributed by atoms with van der Waals surface area (Å²) in [5, 5.41) is 4.41. The molecule has 0 amide bonds. The number of unbranched alkanes of at least 4 members (excludes halogenated alkanes) is 2. The van der Waals surface area contributed by atoms with E-state index >= 15 is 0 Å². The molecule has 0 saturated carbocycles. The lowest BCUT2D eigenvalue weighted by molar-refractivity contribution is -0.368. The largest absolute Gasteiger partial charge is 0.358 e. The van der Waals surface area contributed by atoms with Crippen molar-refractivity contribution >= 4 is 0 Å². The smallest absolute Gasteiger partial charge is 0.0739 e. The van der Waals surface area contributed by atoms with E-state index in [4.69, 9.17) is 0 Å². The van der Waals surface area contributed by atoms with Crippen LogP contribution in [-0.2, 0) is 6.54 Å². The van der Waals surface area contributed by atoms with Gasteiger partial charge in [-0.15, -0.1) is 0 Å². The maximum absolute atomic E-state index is 4.41. The summed E-state index contributed by atoms with van der Waals surface area (Å²) in [6, 6.07) is 2.13. The van der Waals surface area contributed by atoms with E-state index in [9.17, 15) is 0 Å². The van der Waals surface area contributed by atoms with E-state index < -0.39 is 0 Å². The zero-order valence-corrected chi connectivity index (χ0v) is 8.71. The van der Waals surface area contributed by atoms with Crippen LogP contribution in [0.3, 0.4) is 0 Å². The van der Waals surface area contributed by atoms with Crippen LogP contribution < -0.4 is 5.73 Å². The Bertz CT molecular complexity index is 253. The lowest BCUT2D eigenvalue weighted by Crippen LogP contribution is -2.50. The Morgan fingerprint density at radius 2 is 2.08 bits per heavy atom. The molecule has 0 fully saturated rings. The molecule has 1 aromatic heterocycles. The van der Waals surface area contributed by atoms with Crippen LogP contribution in [-0.4, -0.2) is 16.3 Å². The molecule has 74 valence electrons. The van der Waals surface area contributed by atoms with Crippen molar-refractivity contribution in [3.63, 3.8) is 0 Å². The first-order valence-corrected chi connectivity index (χ1v) is 5.04. The highest BCUT2D eigenvalue weighted by Gasteiger charge is 1.99. The molecule has 1 aromatic rings. The fourth-order valence-corrected chi connectivity index (χ4v) is 1.52. The molecule has 0 unspecified atom stereocenters. The van der Waals surface area contributed by atoms with Gasteiger partial charge in [-0.05, 0) is 39.2 Å². The first-order chi connectivity index (χ1) is 6.24. The summed E-state index contributed by atoms with van der Waals surface area (Å²) < 4.78 is 2.10. The highest BCUT2D eigenvalue weighted by molar-refractivity contribution is 5.06. The summed E-state index contributed by atoms with van der Waals surface area (Å²) >= 11 is 0. The summed E-state index contributed by atoms with van der Waals surface area (Å²) in [7, 11) is 0. The van der Waals surface area contributed by atoms with Gasteiger partial charge in [0.25, 0.3) is 0 Å². The van der Waals surface area contributed by atoms with E-state index in [1.807, 2.05) is 6.92 Å². The molecule has 0 spiro atoms. The summed E-state index contributed by atoms with van der Waals surface area (Å²) in [5.41, 5.74) is 6.22. The highest BCUT2D eigenvalue weighted by atomic mass is 15.3. The topological polar surface area (TPSA) is 45.5 Å². The Hall–Kier alpha value is -0.830. The van der Waals surface area contributed by atoms with Crippen molar-refractivity contribution in [1.82, 2.24) is 9.78 Å². The van der Waals surface area contributed by atoms with Gasteiger partial charge in [-0.2, -0.15) is 5.10 Å². The Morgan fingerprint density at radius 3 is 2.62 bits per heavy atom. The SMILES string of the molecule is Cc1cc(C)n(CCCCC[NH3+])n1. The standard InChI is InChI=1S/C10H19N3/c1-9-8-10(2)13(12-9)7-5-3-4-6-11/h8H,3-7,11H2,1-2H3/p+1. The summed E-state index contributed by atoms with van der Waals surface area (Å²) in [4.78, 5) is 0. The van der Waals surface area contributed by atoms with Crippen LogP contribution in [0.1, 0.15) is 30.7 Å². The molecule has 0 aliphatic heterocycles. The van der Waals surface area contributed by atoms with Crippen LogP contribution in [0.2, 0.25) is 0 Å². The molecule has 0 aliphatic carbocycles. The normalized spacial score (nSPS) is 10.7. The Balaban J connectivity index is 2.32. The molecule has 0 bridgehead atoms. The third kappa shape index (κ3) is 3.19. The lowest BCUT2D eigenvalue weighted by Gasteiger charge is -2.02. The van der Waals surface area contributed by atoms with Gasteiger partial charge in [-0.1, -0.05) is 0 Å². The second kappa shape index (κ2) is 5.02. The number of nitrogens with zero attached hydrogens (tertiary/aromatic N) is 2. The molecule has 3 heteroatoms. The zero-order valence-electron chi connectivity index (χ0n) is 8.71. The summed E-state index contributed by atoms with van der Waals surface area (Å²) in [6.45, 7) is 6.26. The molecule has 1 rings (SSSR count). The van der Waals surface area contributed by atoms with Gasteiger partial charge in [0.05, 0.1) is 12.2 Å². The van der Waals surface area contributed by atoms with Gasteiger partial charge in [-0.3, -0.25) is 4.68 Å². The van der Waals surface area contributed by atoms with E-state index in [1.165, 1.54) is 25.0 Å². The summed E-state index contributed by atoms with van der Waals surface area (Å²) in [6.07, 6.45) is 3.72. The molecule has 0 atom stereocenters. The van der Waals surface area contributed by atoms with Crippen LogP contribution >= 0.6 is 0 Å². The molecule has 0 saturated heterocycles. The summed E-state index contributed by atoms with van der Waals surface area (Å²) in [5.74, 6) is 0. The van der Waals surface area contributed by atoms with Crippen molar-refractivity contribution in [2.75, 3.05) is 6.54 Å². The minimum absolute atomic E-state index is 1.05. The van der Waals surface area contributed by atoms with E-state index in [0.29, 0.717) is 0 Å². The highest BCUT2D eigenvalue weighted by Crippen LogP contribution is 2.04. The Kier molecular flexibility index (Phi) is 3.96. The number of rotatable bonds is 5. The van der Waals surface area contributed by atoms with Crippen LogP contribution in [0.25, 0.3) is 0 Å². The molecule has 3 nitrogen and oxygen atoms in total. The molecule has 13 heavy (non-hydrogen) atoms. The number of aryl methyl sites for hydroxylation is 3. The van der Waals surface area contributed by atoms with Gasteiger partial charge < -0.3 is 5.73 Å². The van der Waals surface area contributed by atoms with Crippen molar-refractivity contribution in [3.05, 3.63) is 17.5 Å². The number of aromatic nitrogens is 2. The van der Waals surface area contributed by atoms with Gasteiger partial charge in [0.15, 0.2) is 0 Å².